The van der Waals surface area contributed by atoms with Crippen molar-refractivity contribution in [3.8, 4) is 0 Å². The molecule has 0 aliphatic heterocycles. The van der Waals surface area contributed by atoms with Gasteiger partial charge in [0.1, 0.15) is 0 Å². The normalized spacial score (nSPS) is 17.2. The molecule has 1 unspecified atom stereocenters. The maximum absolute atomic E-state index is 12.0. The third kappa shape index (κ3) is 4.59. The second kappa shape index (κ2) is 8.78. The van der Waals surface area contributed by atoms with E-state index < -0.39 is 0 Å². The lowest BCUT2D eigenvalue weighted by molar-refractivity contribution is 0.0600. The van der Waals surface area contributed by atoms with E-state index in [-0.39, 0.29) is 22.7 Å². The molecule has 2 aromatic carbocycles. The van der Waals surface area contributed by atoms with Gasteiger partial charge in [0.05, 0.1) is 12.7 Å². The Balaban J connectivity index is 1.85. The van der Waals surface area contributed by atoms with Crippen LogP contribution in [0.5, 0.6) is 0 Å². The van der Waals surface area contributed by atoms with E-state index >= 15 is 0 Å². The zero-order chi connectivity index (χ0) is 23.8. The maximum Gasteiger partial charge on any atom is 0.337 e. The highest BCUT2D eigenvalue weighted by atomic mass is 16.5. The van der Waals surface area contributed by atoms with E-state index in [0.29, 0.717) is 5.56 Å². The Labute approximate surface area is 198 Å². The SMILES string of the molecule is COC(=O)c1ccc(C(Cc2cccnc2)c2cc3c(cc2C)C(C)(C)CCC3(C)C)cc1. The lowest BCUT2D eigenvalue weighted by Gasteiger charge is -2.43. The van der Waals surface area contributed by atoms with Crippen LogP contribution in [0.3, 0.4) is 0 Å². The van der Waals surface area contributed by atoms with Gasteiger partial charge in [0.15, 0.2) is 0 Å². The number of methoxy groups -OCH3 is 1. The fourth-order valence-corrected chi connectivity index (χ4v) is 5.25. The molecule has 1 aromatic heterocycles. The molecule has 3 heteroatoms. The van der Waals surface area contributed by atoms with E-state index in [9.17, 15) is 4.79 Å². The van der Waals surface area contributed by atoms with Crippen molar-refractivity contribution in [2.45, 2.75) is 70.6 Å². The van der Waals surface area contributed by atoms with Gasteiger partial charge in [0.2, 0.25) is 0 Å². The van der Waals surface area contributed by atoms with E-state index in [2.05, 4.69) is 69.9 Å². The van der Waals surface area contributed by atoms with E-state index in [1.54, 1.807) is 0 Å². The molecule has 0 saturated carbocycles. The molecule has 172 valence electrons. The van der Waals surface area contributed by atoms with Crippen LogP contribution in [0.1, 0.15) is 90.2 Å². The molecule has 3 aromatic rings. The summed E-state index contributed by atoms with van der Waals surface area (Å²) in [5, 5.41) is 0. The number of benzene rings is 2. The van der Waals surface area contributed by atoms with Gasteiger partial charge >= 0.3 is 5.97 Å². The van der Waals surface area contributed by atoms with Crippen LogP contribution in [-0.4, -0.2) is 18.1 Å². The molecule has 0 fully saturated rings. The molecule has 4 rings (SSSR count). The van der Waals surface area contributed by atoms with Crippen molar-refractivity contribution in [1.29, 1.82) is 0 Å². The minimum absolute atomic E-state index is 0.154. The van der Waals surface area contributed by atoms with Crippen LogP contribution in [0.4, 0.5) is 0 Å². The summed E-state index contributed by atoms with van der Waals surface area (Å²) in [4.78, 5) is 16.3. The first kappa shape index (κ1) is 23.2. The van der Waals surface area contributed by atoms with Crippen molar-refractivity contribution >= 4 is 5.97 Å². The Morgan fingerprint density at radius 2 is 1.64 bits per heavy atom. The number of aromatic nitrogens is 1. The highest BCUT2D eigenvalue weighted by Gasteiger charge is 2.38. The Morgan fingerprint density at radius 3 is 2.21 bits per heavy atom. The van der Waals surface area contributed by atoms with E-state index in [0.717, 1.165) is 6.42 Å². The van der Waals surface area contributed by atoms with Crippen LogP contribution < -0.4 is 0 Å². The Hall–Kier alpha value is -2.94. The lowest BCUT2D eigenvalue weighted by atomic mass is 9.62. The van der Waals surface area contributed by atoms with Crippen LogP contribution in [0.2, 0.25) is 0 Å². The molecule has 0 N–H and O–H groups in total. The highest BCUT2D eigenvalue weighted by molar-refractivity contribution is 5.89. The monoisotopic (exact) mass is 441 g/mol. The number of hydrogen-bond acceptors (Lipinski definition) is 3. The number of nitrogens with zero attached hydrogens (tertiary/aromatic N) is 1. The predicted octanol–water partition coefficient (Wildman–Crippen LogP) is 6.90. The average Bonchev–Trinajstić information content (AvgIpc) is 2.81. The third-order valence-electron chi connectivity index (χ3n) is 7.51. The van der Waals surface area contributed by atoms with Gasteiger partial charge in [-0.2, -0.15) is 0 Å². The summed E-state index contributed by atoms with van der Waals surface area (Å²) >= 11 is 0. The Bertz CT molecular complexity index is 1140. The van der Waals surface area contributed by atoms with Crippen molar-refractivity contribution in [2.75, 3.05) is 7.11 Å². The third-order valence-corrected chi connectivity index (χ3v) is 7.51. The standard InChI is InChI=1S/C30H35NO2/c1-20-16-26-27(30(4,5)14-13-29(26,2)3)18-24(20)25(17-21-8-7-15-31-19-21)22-9-11-23(12-10-22)28(32)33-6/h7-12,15-16,18-19,25H,13-14,17H2,1-6H3. The second-order valence-corrected chi connectivity index (χ2v) is 10.8. The first-order chi connectivity index (χ1) is 15.6. The molecule has 1 aliphatic rings. The minimum Gasteiger partial charge on any atom is -0.465 e. The summed E-state index contributed by atoms with van der Waals surface area (Å²) < 4.78 is 4.89. The van der Waals surface area contributed by atoms with Crippen molar-refractivity contribution in [3.05, 3.63) is 99.9 Å². The first-order valence-electron chi connectivity index (χ1n) is 11.8. The van der Waals surface area contributed by atoms with Crippen LogP contribution >= 0.6 is 0 Å². The number of pyridine rings is 1. The summed E-state index contributed by atoms with van der Waals surface area (Å²) in [7, 11) is 1.42. The van der Waals surface area contributed by atoms with Gasteiger partial charge in [-0.1, -0.05) is 58.0 Å². The molecule has 1 heterocycles. The molecule has 3 nitrogen and oxygen atoms in total. The molecule has 33 heavy (non-hydrogen) atoms. The van der Waals surface area contributed by atoms with Gasteiger partial charge in [-0.25, -0.2) is 4.79 Å². The topological polar surface area (TPSA) is 39.2 Å². The summed E-state index contributed by atoms with van der Waals surface area (Å²) in [6, 6.07) is 16.9. The van der Waals surface area contributed by atoms with Crippen LogP contribution in [0, 0.1) is 6.92 Å². The van der Waals surface area contributed by atoms with E-state index in [4.69, 9.17) is 4.74 Å². The molecule has 1 aliphatic carbocycles. The van der Waals surface area contributed by atoms with Crippen molar-refractivity contribution in [3.63, 3.8) is 0 Å². The molecule has 0 radical (unpaired) electrons. The zero-order valence-electron chi connectivity index (χ0n) is 20.7. The van der Waals surface area contributed by atoms with Gasteiger partial charge in [-0.15, -0.1) is 0 Å². The van der Waals surface area contributed by atoms with Crippen LogP contribution in [-0.2, 0) is 22.0 Å². The Morgan fingerprint density at radius 1 is 1.00 bits per heavy atom. The summed E-state index contributed by atoms with van der Waals surface area (Å²) in [6.45, 7) is 11.7. The smallest absolute Gasteiger partial charge is 0.337 e. The van der Waals surface area contributed by atoms with Gasteiger partial charge in [0, 0.05) is 18.3 Å². The number of hydrogen-bond donors (Lipinski definition) is 0. The van der Waals surface area contributed by atoms with Gasteiger partial charge < -0.3 is 4.74 Å². The van der Waals surface area contributed by atoms with Gasteiger partial charge in [-0.3, -0.25) is 4.98 Å². The lowest BCUT2D eigenvalue weighted by Crippen LogP contribution is -2.34. The zero-order valence-corrected chi connectivity index (χ0v) is 20.7. The number of aryl methyl sites for hydroxylation is 1. The van der Waals surface area contributed by atoms with E-state index in [1.165, 1.54) is 53.3 Å². The highest BCUT2D eigenvalue weighted by Crippen LogP contribution is 2.47. The summed E-state index contributed by atoms with van der Waals surface area (Å²) in [5.41, 5.74) is 8.96. The first-order valence-corrected chi connectivity index (χ1v) is 11.8. The second-order valence-electron chi connectivity index (χ2n) is 10.8. The number of rotatable bonds is 5. The number of ether oxygens (including phenoxy) is 1. The van der Waals surface area contributed by atoms with Crippen LogP contribution in [0.15, 0.2) is 60.9 Å². The molecule has 0 amide bonds. The van der Waals surface area contributed by atoms with Gasteiger partial charge in [-0.05, 0) is 88.6 Å². The fourth-order valence-electron chi connectivity index (χ4n) is 5.25. The predicted molar refractivity (Wildman–Crippen MR) is 134 cm³/mol. The summed E-state index contributed by atoms with van der Waals surface area (Å²) in [6.07, 6.45) is 7.03. The maximum atomic E-state index is 12.0. The average molecular weight is 442 g/mol. The molecule has 0 saturated heterocycles. The molecular weight excluding hydrogens is 406 g/mol. The van der Waals surface area contributed by atoms with Gasteiger partial charge in [0.25, 0.3) is 0 Å². The van der Waals surface area contributed by atoms with Crippen molar-refractivity contribution < 1.29 is 9.53 Å². The number of carbonyl (C=O) groups excluding carboxylic acids is 1. The largest absolute Gasteiger partial charge is 0.465 e. The molecule has 1 atom stereocenters. The number of fused-ring (bicyclic) bond motifs is 1. The summed E-state index contributed by atoms with van der Waals surface area (Å²) in [5.74, 6) is -0.133. The fraction of sp³-hybridized carbons (Fsp3) is 0.400. The van der Waals surface area contributed by atoms with E-state index in [1.807, 2.05) is 30.6 Å². The number of carbonyl (C=O) groups is 1. The molecule has 0 bridgehead atoms. The Kier molecular flexibility index (Phi) is 6.18. The van der Waals surface area contributed by atoms with Crippen molar-refractivity contribution in [2.24, 2.45) is 0 Å². The van der Waals surface area contributed by atoms with Crippen LogP contribution in [0.25, 0.3) is 0 Å². The number of esters is 1. The quantitative estimate of drug-likeness (QED) is 0.404. The molecular formula is C30H35NO2. The minimum atomic E-state index is -0.306. The van der Waals surface area contributed by atoms with Crippen molar-refractivity contribution in [1.82, 2.24) is 4.98 Å². The molecule has 0 spiro atoms.